The van der Waals surface area contributed by atoms with Gasteiger partial charge in [-0.05, 0) is 37.0 Å². The first-order valence-electron chi connectivity index (χ1n) is 7.87. The van der Waals surface area contributed by atoms with Crippen LogP contribution in [0.2, 0.25) is 0 Å². The lowest BCUT2D eigenvalue weighted by Gasteiger charge is -2.24. The molecule has 140 valence electrons. The predicted molar refractivity (Wildman–Crippen MR) is 82.3 cm³/mol. The molecule has 0 spiro atoms. The molecule has 26 heavy (non-hydrogen) atoms. The van der Waals surface area contributed by atoms with Gasteiger partial charge in [-0.2, -0.15) is 22.7 Å². The number of rotatable bonds is 3. The van der Waals surface area contributed by atoms with Crippen molar-refractivity contribution in [2.24, 2.45) is 11.3 Å². The van der Waals surface area contributed by atoms with Crippen LogP contribution in [0.15, 0.2) is 23.1 Å². The summed E-state index contributed by atoms with van der Waals surface area (Å²) in [5.74, 6) is -1.53. The molecule has 1 heterocycles. The summed E-state index contributed by atoms with van der Waals surface area (Å²) in [4.78, 5) is 10.7. The molecule has 1 aromatic rings. The zero-order valence-corrected chi connectivity index (χ0v) is 14.3. The summed E-state index contributed by atoms with van der Waals surface area (Å²) in [7, 11) is -4.55. The van der Waals surface area contributed by atoms with Crippen molar-refractivity contribution < 1.29 is 31.5 Å². The largest absolute Gasteiger partial charge is 0.481 e. The number of fused-ring (bicyclic) bond motifs is 1. The van der Waals surface area contributed by atoms with Gasteiger partial charge in [0.2, 0.25) is 10.0 Å². The number of carboxylic acid groups (broad SMARTS) is 1. The van der Waals surface area contributed by atoms with E-state index in [-0.39, 0.29) is 18.7 Å². The molecule has 2 fully saturated rings. The van der Waals surface area contributed by atoms with Crippen LogP contribution in [-0.4, -0.2) is 36.9 Å². The van der Waals surface area contributed by atoms with E-state index in [4.69, 9.17) is 5.26 Å². The molecule has 1 N–H and O–H groups in total. The monoisotopic (exact) mass is 388 g/mol. The third-order valence-corrected chi connectivity index (χ3v) is 7.17. The second kappa shape index (κ2) is 5.96. The van der Waals surface area contributed by atoms with Crippen LogP contribution >= 0.6 is 0 Å². The third kappa shape index (κ3) is 2.75. The number of aliphatic carboxylic acids is 1. The van der Waals surface area contributed by atoms with E-state index in [1.807, 2.05) is 0 Å². The number of nitrogens with zero attached hydrogens (tertiary/aromatic N) is 2. The lowest BCUT2D eigenvalue weighted by molar-refractivity contribution is -0.149. The van der Waals surface area contributed by atoms with Crippen LogP contribution in [0.4, 0.5) is 13.2 Å². The van der Waals surface area contributed by atoms with E-state index in [9.17, 15) is 31.5 Å². The van der Waals surface area contributed by atoms with E-state index in [0.29, 0.717) is 25.3 Å². The van der Waals surface area contributed by atoms with Crippen LogP contribution in [0.5, 0.6) is 0 Å². The maximum atomic E-state index is 13.3. The van der Waals surface area contributed by atoms with Gasteiger partial charge in [0.1, 0.15) is 0 Å². The summed E-state index contributed by atoms with van der Waals surface area (Å²) >= 11 is 0. The summed E-state index contributed by atoms with van der Waals surface area (Å²) in [6, 6.07) is 3.82. The highest BCUT2D eigenvalue weighted by atomic mass is 32.2. The van der Waals surface area contributed by atoms with Gasteiger partial charge < -0.3 is 5.11 Å². The number of hydrogen-bond acceptors (Lipinski definition) is 4. The first-order valence-corrected chi connectivity index (χ1v) is 9.31. The van der Waals surface area contributed by atoms with Crippen LogP contribution < -0.4 is 0 Å². The van der Waals surface area contributed by atoms with Gasteiger partial charge in [0.15, 0.2) is 0 Å². The molecule has 1 aliphatic carbocycles. The number of halogens is 3. The van der Waals surface area contributed by atoms with Crippen molar-refractivity contribution in [3.05, 3.63) is 29.3 Å². The van der Waals surface area contributed by atoms with Crippen LogP contribution in [0.25, 0.3) is 0 Å². The summed E-state index contributed by atoms with van der Waals surface area (Å²) < 4.78 is 66.5. The molecule has 0 amide bonds. The van der Waals surface area contributed by atoms with Crippen LogP contribution in [0.3, 0.4) is 0 Å². The topological polar surface area (TPSA) is 98.5 Å². The number of benzene rings is 1. The van der Waals surface area contributed by atoms with Gasteiger partial charge in [-0.25, -0.2) is 8.42 Å². The quantitative estimate of drug-likeness (QED) is 0.858. The summed E-state index contributed by atoms with van der Waals surface area (Å²) in [5.41, 5.74) is -2.97. The average molecular weight is 388 g/mol. The first-order chi connectivity index (χ1) is 12.0. The Morgan fingerprint density at radius 3 is 2.62 bits per heavy atom. The lowest BCUT2D eigenvalue weighted by Crippen LogP contribution is -2.37. The Kier molecular flexibility index (Phi) is 4.28. The minimum atomic E-state index is -4.96. The molecule has 1 aromatic carbocycles. The molecule has 6 nitrogen and oxygen atoms in total. The SMILES string of the molecule is N#Cc1ccc(S(=O)(=O)N2C[C@@H]3CCC[C@@]3(C(=O)O)C2)c(C(F)(F)F)c1. The smallest absolute Gasteiger partial charge is 0.417 e. The average Bonchev–Trinajstić information content (AvgIpc) is 3.12. The van der Waals surface area contributed by atoms with E-state index >= 15 is 0 Å². The van der Waals surface area contributed by atoms with Gasteiger partial charge in [0.05, 0.1) is 27.5 Å². The minimum Gasteiger partial charge on any atom is -0.481 e. The van der Waals surface area contributed by atoms with Gasteiger partial charge in [0.25, 0.3) is 0 Å². The Morgan fingerprint density at radius 1 is 1.38 bits per heavy atom. The van der Waals surface area contributed by atoms with Gasteiger partial charge in [-0.1, -0.05) is 6.42 Å². The molecule has 0 unspecified atom stereocenters. The van der Waals surface area contributed by atoms with E-state index in [0.717, 1.165) is 16.4 Å². The zero-order chi connectivity index (χ0) is 19.3. The molecule has 1 aliphatic heterocycles. The highest BCUT2D eigenvalue weighted by Gasteiger charge is 2.57. The van der Waals surface area contributed by atoms with E-state index in [2.05, 4.69) is 0 Å². The number of alkyl halides is 3. The van der Waals surface area contributed by atoms with Crippen molar-refractivity contribution >= 4 is 16.0 Å². The molecule has 1 saturated heterocycles. The molecule has 10 heteroatoms. The fourth-order valence-electron chi connectivity index (χ4n) is 3.96. The van der Waals surface area contributed by atoms with E-state index < -0.39 is 44.0 Å². The zero-order valence-electron chi connectivity index (χ0n) is 13.5. The Morgan fingerprint density at radius 2 is 2.08 bits per heavy atom. The van der Waals surface area contributed by atoms with Crippen molar-refractivity contribution in [1.82, 2.24) is 4.31 Å². The van der Waals surface area contributed by atoms with Crippen LogP contribution in [0, 0.1) is 22.7 Å². The molecule has 0 radical (unpaired) electrons. The Bertz CT molecular complexity index is 907. The van der Waals surface area contributed by atoms with Crippen molar-refractivity contribution in [2.45, 2.75) is 30.3 Å². The van der Waals surface area contributed by atoms with Crippen LogP contribution in [-0.2, 0) is 21.0 Å². The molecule has 3 rings (SSSR count). The van der Waals surface area contributed by atoms with Gasteiger partial charge in [-0.3, -0.25) is 4.79 Å². The molecule has 0 aromatic heterocycles. The molecular weight excluding hydrogens is 373 g/mol. The number of carbonyl (C=O) groups is 1. The normalized spacial score (nSPS) is 26.5. The highest BCUT2D eigenvalue weighted by molar-refractivity contribution is 7.89. The number of carboxylic acids is 1. The van der Waals surface area contributed by atoms with Crippen LogP contribution in [0.1, 0.15) is 30.4 Å². The molecule has 0 bridgehead atoms. The van der Waals surface area contributed by atoms with E-state index in [1.54, 1.807) is 6.07 Å². The lowest BCUT2D eigenvalue weighted by atomic mass is 9.81. The van der Waals surface area contributed by atoms with Gasteiger partial charge >= 0.3 is 12.1 Å². The Hall–Kier alpha value is -2.12. The van der Waals surface area contributed by atoms with E-state index in [1.165, 1.54) is 0 Å². The highest BCUT2D eigenvalue weighted by Crippen LogP contribution is 2.50. The fourth-order valence-corrected chi connectivity index (χ4v) is 5.71. The van der Waals surface area contributed by atoms with Crippen molar-refractivity contribution in [3.8, 4) is 6.07 Å². The standard InChI is InChI=1S/C16H15F3N2O4S/c17-16(18,19)12-6-10(7-20)3-4-13(12)26(24,25)21-8-11-2-1-5-15(11,9-21)14(22)23/h3-4,6,11H,1-2,5,8-9H2,(H,22,23)/t11-,15+/m0/s1. The molecule has 2 atom stereocenters. The van der Waals surface area contributed by atoms with Crippen molar-refractivity contribution in [2.75, 3.05) is 13.1 Å². The van der Waals surface area contributed by atoms with Crippen molar-refractivity contribution in [1.29, 1.82) is 5.26 Å². The number of nitriles is 1. The maximum absolute atomic E-state index is 13.3. The number of sulfonamides is 1. The summed E-state index contributed by atoms with van der Waals surface area (Å²) in [6.45, 7) is -0.460. The van der Waals surface area contributed by atoms with Gasteiger partial charge in [0, 0.05) is 13.1 Å². The molecule has 2 aliphatic rings. The maximum Gasteiger partial charge on any atom is 0.417 e. The fraction of sp³-hybridized carbons (Fsp3) is 0.500. The second-order valence-electron chi connectivity index (χ2n) is 6.67. The molecule has 1 saturated carbocycles. The molecular formula is C16H15F3N2O4S. The third-order valence-electron chi connectivity index (χ3n) is 5.30. The Labute approximate surface area is 147 Å². The number of hydrogen-bond donors (Lipinski definition) is 1. The van der Waals surface area contributed by atoms with Gasteiger partial charge in [-0.15, -0.1) is 0 Å². The predicted octanol–water partition coefficient (Wildman–Crippen LogP) is 2.45. The first kappa shape index (κ1) is 18.7. The Balaban J connectivity index is 2.06. The summed E-state index contributed by atoms with van der Waals surface area (Å²) in [5, 5.41) is 18.3. The minimum absolute atomic E-state index is 0.119. The summed E-state index contributed by atoms with van der Waals surface area (Å²) in [6.07, 6.45) is -3.48. The second-order valence-corrected chi connectivity index (χ2v) is 8.57. The van der Waals surface area contributed by atoms with Crippen molar-refractivity contribution in [3.63, 3.8) is 0 Å².